The highest BCUT2D eigenvalue weighted by atomic mass is 32.2. The van der Waals surface area contributed by atoms with Gasteiger partial charge in [0.25, 0.3) is 0 Å². The van der Waals surface area contributed by atoms with Crippen molar-refractivity contribution in [3.05, 3.63) is 24.3 Å². The number of carbonyl (C=O) groups excluding carboxylic acids is 1. The number of phenolic OH excluding ortho intramolecular Hbond substituents is 1. The minimum absolute atomic E-state index is 0.00817. The smallest absolute Gasteiger partial charge is 0.133 e. The van der Waals surface area contributed by atoms with E-state index < -0.39 is 5.60 Å². The first kappa shape index (κ1) is 20.9. The number of phenols is 1. The van der Waals surface area contributed by atoms with Gasteiger partial charge in [0.05, 0.1) is 5.60 Å². The largest absolute Gasteiger partial charge is 0.508 e. The SMILES string of the molecule is C[C@]12CCC(=O)CC1CC[C@@H]1[C@H]2CC[C@@]2(C)[C@H]1CCC2(O)CSc1ccc(O)cc1. The summed E-state index contributed by atoms with van der Waals surface area (Å²) < 4.78 is 0. The molecule has 30 heavy (non-hydrogen) atoms. The number of hydrogen-bond acceptors (Lipinski definition) is 4. The molecular weight excluding hydrogens is 392 g/mol. The molecule has 5 rings (SSSR count). The molecule has 4 aliphatic carbocycles. The number of hydrogen-bond donors (Lipinski definition) is 2. The maximum atomic E-state index is 12.1. The molecule has 2 unspecified atom stereocenters. The minimum Gasteiger partial charge on any atom is -0.508 e. The van der Waals surface area contributed by atoms with Crippen LogP contribution < -0.4 is 0 Å². The third kappa shape index (κ3) is 3.08. The van der Waals surface area contributed by atoms with Gasteiger partial charge in [0, 0.05) is 28.9 Å². The van der Waals surface area contributed by atoms with Crippen LogP contribution in [0.2, 0.25) is 0 Å². The molecule has 0 spiro atoms. The fourth-order valence-corrected chi connectivity index (χ4v) is 9.35. The van der Waals surface area contributed by atoms with Gasteiger partial charge in [-0.3, -0.25) is 4.79 Å². The molecule has 4 aliphatic rings. The molecule has 7 atom stereocenters. The summed E-state index contributed by atoms with van der Waals surface area (Å²) in [6, 6.07) is 7.35. The number of carbonyl (C=O) groups is 1. The van der Waals surface area contributed by atoms with Crippen molar-refractivity contribution in [3.63, 3.8) is 0 Å². The Morgan fingerprint density at radius 1 is 1.00 bits per heavy atom. The molecule has 0 bridgehead atoms. The number of fused-ring (bicyclic) bond motifs is 5. The standard InChI is InChI=1S/C26H36O3S/c1-24-12-9-19(28)15-17(24)3-8-21-22(24)10-13-25(2)23(21)11-14-26(25,29)16-30-20-6-4-18(27)5-7-20/h4-7,17,21-23,27,29H,3,8-16H2,1-2H3/t17?,21-,22-,23+,24+,25+,26?/m1/s1. The lowest BCUT2D eigenvalue weighted by Crippen LogP contribution is -2.57. The number of aliphatic hydroxyl groups is 1. The van der Waals surface area contributed by atoms with Gasteiger partial charge < -0.3 is 10.2 Å². The highest BCUT2D eigenvalue weighted by Gasteiger charge is 2.64. The Morgan fingerprint density at radius 3 is 2.50 bits per heavy atom. The van der Waals surface area contributed by atoms with Gasteiger partial charge in [-0.25, -0.2) is 0 Å². The summed E-state index contributed by atoms with van der Waals surface area (Å²) in [5, 5.41) is 21.4. The Bertz CT molecular complexity index is 822. The lowest BCUT2D eigenvalue weighted by Gasteiger charge is -2.61. The molecule has 0 aliphatic heterocycles. The van der Waals surface area contributed by atoms with E-state index in [2.05, 4.69) is 13.8 Å². The summed E-state index contributed by atoms with van der Waals surface area (Å²) in [6.45, 7) is 4.86. The van der Waals surface area contributed by atoms with Crippen LogP contribution in [0, 0.1) is 34.5 Å². The molecule has 4 fully saturated rings. The van der Waals surface area contributed by atoms with Gasteiger partial charge in [0.15, 0.2) is 0 Å². The van der Waals surface area contributed by atoms with E-state index >= 15 is 0 Å². The van der Waals surface area contributed by atoms with Crippen LogP contribution in [0.5, 0.6) is 5.75 Å². The Balaban J connectivity index is 1.34. The van der Waals surface area contributed by atoms with Crippen molar-refractivity contribution in [1.82, 2.24) is 0 Å². The average molecular weight is 429 g/mol. The molecule has 0 amide bonds. The number of thioether (sulfide) groups is 1. The second-order valence-electron chi connectivity index (χ2n) is 11.2. The van der Waals surface area contributed by atoms with Gasteiger partial charge in [-0.15, -0.1) is 11.8 Å². The molecule has 164 valence electrons. The normalized spacial score (nSPS) is 45.5. The van der Waals surface area contributed by atoms with E-state index in [1.807, 2.05) is 12.1 Å². The van der Waals surface area contributed by atoms with E-state index in [1.54, 1.807) is 23.9 Å². The third-order valence-corrected chi connectivity index (χ3v) is 11.3. The molecule has 0 heterocycles. The summed E-state index contributed by atoms with van der Waals surface area (Å²) in [4.78, 5) is 13.2. The highest BCUT2D eigenvalue weighted by Crippen LogP contribution is 2.68. The molecule has 0 radical (unpaired) electrons. The second-order valence-corrected chi connectivity index (χ2v) is 12.3. The Labute approximate surface area is 185 Å². The van der Waals surface area contributed by atoms with E-state index in [9.17, 15) is 15.0 Å². The van der Waals surface area contributed by atoms with Gasteiger partial charge in [0.1, 0.15) is 11.5 Å². The lowest BCUT2D eigenvalue weighted by atomic mass is 9.44. The zero-order valence-corrected chi connectivity index (χ0v) is 19.2. The van der Waals surface area contributed by atoms with E-state index in [0.717, 1.165) is 55.1 Å². The van der Waals surface area contributed by atoms with Gasteiger partial charge in [-0.1, -0.05) is 13.8 Å². The zero-order valence-electron chi connectivity index (χ0n) is 18.4. The van der Waals surface area contributed by atoms with Crippen LogP contribution in [0.4, 0.5) is 0 Å². The van der Waals surface area contributed by atoms with Crippen LogP contribution >= 0.6 is 11.8 Å². The van der Waals surface area contributed by atoms with Crippen molar-refractivity contribution >= 4 is 17.5 Å². The molecule has 1 aromatic carbocycles. The van der Waals surface area contributed by atoms with Gasteiger partial charge in [-0.2, -0.15) is 0 Å². The minimum atomic E-state index is -0.620. The molecule has 4 saturated carbocycles. The second kappa shape index (κ2) is 7.27. The summed E-state index contributed by atoms with van der Waals surface area (Å²) in [5.74, 6) is 4.15. The molecular formula is C26H36O3S. The van der Waals surface area contributed by atoms with Crippen molar-refractivity contribution in [1.29, 1.82) is 0 Å². The van der Waals surface area contributed by atoms with Crippen molar-refractivity contribution < 1.29 is 15.0 Å². The fourth-order valence-electron chi connectivity index (χ4n) is 8.14. The third-order valence-electron chi connectivity index (χ3n) is 10.1. The average Bonchev–Trinajstić information content (AvgIpc) is 2.99. The predicted molar refractivity (Wildman–Crippen MR) is 121 cm³/mol. The van der Waals surface area contributed by atoms with Gasteiger partial charge in [0.2, 0.25) is 0 Å². The van der Waals surface area contributed by atoms with E-state index in [4.69, 9.17) is 0 Å². The van der Waals surface area contributed by atoms with Crippen LogP contribution in [0.3, 0.4) is 0 Å². The Hall–Kier alpha value is -1.00. The summed E-state index contributed by atoms with van der Waals surface area (Å²) in [7, 11) is 0. The van der Waals surface area contributed by atoms with Crippen LogP contribution in [0.1, 0.15) is 71.6 Å². The van der Waals surface area contributed by atoms with Crippen LogP contribution in [0.15, 0.2) is 29.2 Å². The Morgan fingerprint density at radius 2 is 1.73 bits per heavy atom. The first-order valence-electron chi connectivity index (χ1n) is 11.9. The number of benzene rings is 1. The van der Waals surface area contributed by atoms with E-state index in [1.165, 1.54) is 19.3 Å². The topological polar surface area (TPSA) is 57.5 Å². The molecule has 1 aromatic rings. The maximum absolute atomic E-state index is 12.1. The predicted octanol–water partition coefficient (Wildman–Crippen LogP) is 5.83. The fraction of sp³-hybridized carbons (Fsp3) is 0.731. The number of rotatable bonds is 3. The first-order chi connectivity index (χ1) is 14.3. The number of aromatic hydroxyl groups is 1. The van der Waals surface area contributed by atoms with E-state index in [-0.39, 0.29) is 11.2 Å². The number of Topliss-reactive ketones (excluding diaryl/α,β-unsaturated/α-hetero) is 1. The highest BCUT2D eigenvalue weighted by molar-refractivity contribution is 7.99. The summed E-state index contributed by atoms with van der Waals surface area (Å²) in [5.41, 5.74) is -0.295. The van der Waals surface area contributed by atoms with Crippen molar-refractivity contribution in [2.75, 3.05) is 5.75 Å². The molecule has 2 N–H and O–H groups in total. The van der Waals surface area contributed by atoms with Crippen molar-refractivity contribution in [3.8, 4) is 5.75 Å². The first-order valence-corrected chi connectivity index (χ1v) is 12.9. The van der Waals surface area contributed by atoms with Crippen LogP contribution in [-0.2, 0) is 4.79 Å². The Kier molecular flexibility index (Phi) is 5.06. The summed E-state index contributed by atoms with van der Waals surface area (Å²) >= 11 is 1.73. The van der Waals surface area contributed by atoms with Crippen molar-refractivity contribution in [2.45, 2.75) is 82.1 Å². The monoisotopic (exact) mass is 428 g/mol. The van der Waals surface area contributed by atoms with Gasteiger partial charge >= 0.3 is 0 Å². The number of ketones is 1. The van der Waals surface area contributed by atoms with Crippen molar-refractivity contribution in [2.24, 2.45) is 34.5 Å². The lowest BCUT2D eigenvalue weighted by molar-refractivity contribution is -0.152. The van der Waals surface area contributed by atoms with Gasteiger partial charge in [-0.05, 0) is 98.3 Å². The van der Waals surface area contributed by atoms with Crippen LogP contribution in [-0.4, -0.2) is 27.4 Å². The maximum Gasteiger partial charge on any atom is 0.133 e. The molecule has 4 heteroatoms. The quantitative estimate of drug-likeness (QED) is 0.595. The zero-order chi connectivity index (χ0) is 21.1. The van der Waals surface area contributed by atoms with Crippen LogP contribution in [0.25, 0.3) is 0 Å². The molecule has 3 nitrogen and oxygen atoms in total. The molecule has 0 aromatic heterocycles. The van der Waals surface area contributed by atoms with E-state index in [0.29, 0.717) is 29.0 Å². The molecule has 0 saturated heterocycles. The summed E-state index contributed by atoms with van der Waals surface area (Å²) in [6.07, 6.45) is 9.51.